The van der Waals surface area contributed by atoms with Crippen LogP contribution >= 0.6 is 22.9 Å². The van der Waals surface area contributed by atoms with E-state index in [1.807, 2.05) is 18.2 Å². The number of ether oxygens (including phenoxy) is 1. The van der Waals surface area contributed by atoms with Crippen molar-refractivity contribution in [2.75, 3.05) is 49.7 Å². The Hall–Kier alpha value is -3.47. The van der Waals surface area contributed by atoms with Gasteiger partial charge in [-0.25, -0.2) is 19.7 Å². The molecule has 188 valence electrons. The third-order valence-electron chi connectivity index (χ3n) is 5.15. The Morgan fingerprint density at radius 3 is 2.83 bits per heavy atom. The quantitative estimate of drug-likeness (QED) is 0.226. The molecule has 2 aromatic heterocycles. The van der Waals surface area contributed by atoms with E-state index in [0.717, 1.165) is 46.7 Å². The van der Waals surface area contributed by atoms with Gasteiger partial charge in [-0.3, -0.25) is 5.32 Å². The summed E-state index contributed by atoms with van der Waals surface area (Å²) in [6.45, 7) is 2.30. The van der Waals surface area contributed by atoms with E-state index in [2.05, 4.69) is 49.9 Å². The lowest BCUT2D eigenvalue weighted by Crippen LogP contribution is -2.19. The number of benzene rings is 2. The van der Waals surface area contributed by atoms with Crippen LogP contribution < -0.4 is 20.7 Å². The van der Waals surface area contributed by atoms with Gasteiger partial charge in [0.2, 0.25) is 0 Å². The van der Waals surface area contributed by atoms with Gasteiger partial charge >= 0.3 is 6.03 Å². The van der Waals surface area contributed by atoms with Crippen molar-refractivity contribution in [2.24, 2.45) is 0 Å². The van der Waals surface area contributed by atoms with E-state index in [1.165, 1.54) is 11.3 Å². The summed E-state index contributed by atoms with van der Waals surface area (Å²) in [5, 5.41) is 10.9. The lowest BCUT2D eigenvalue weighted by atomic mass is 10.2. The van der Waals surface area contributed by atoms with Crippen molar-refractivity contribution in [3.63, 3.8) is 0 Å². The Balaban J connectivity index is 1.27. The number of rotatable bonds is 11. The van der Waals surface area contributed by atoms with Crippen molar-refractivity contribution >= 4 is 56.5 Å². The Kier molecular flexibility index (Phi) is 8.88. The molecule has 2 aromatic carbocycles. The fourth-order valence-electron chi connectivity index (χ4n) is 3.45. The lowest BCUT2D eigenvalue weighted by Gasteiger charge is -2.11. The molecule has 4 aromatic rings. The predicted octanol–water partition coefficient (Wildman–Crippen LogP) is 5.37. The molecule has 4 rings (SSSR count). The number of fused-ring (bicyclic) bond motifs is 1. The van der Waals surface area contributed by atoms with E-state index in [9.17, 15) is 4.79 Å². The number of nitrogens with one attached hydrogen (secondary N) is 3. The number of aromatic nitrogens is 3. The van der Waals surface area contributed by atoms with Crippen molar-refractivity contribution in [2.45, 2.75) is 12.8 Å². The van der Waals surface area contributed by atoms with Crippen molar-refractivity contribution in [1.29, 1.82) is 0 Å². The standard InChI is InChI=1S/C25H28ClN7O2S/c1-33(2)11-4-12-35-19-7-8-21-22(14-19)29-16-30-23(21)27-10-9-20-15-28-25(36-20)32-24(34)31-18-6-3-5-17(26)13-18/h3,5-8,13-16H,4,9-12H2,1-2H3,(H,27,29,30)(H2,28,31,32,34). The lowest BCUT2D eigenvalue weighted by molar-refractivity contribution is 0.262. The molecule has 0 atom stereocenters. The second kappa shape index (κ2) is 12.5. The molecule has 0 radical (unpaired) electrons. The number of halogens is 1. The van der Waals surface area contributed by atoms with Gasteiger partial charge in [-0.05, 0) is 50.8 Å². The van der Waals surface area contributed by atoms with Crippen LogP contribution in [0.5, 0.6) is 5.75 Å². The van der Waals surface area contributed by atoms with Gasteiger partial charge in [-0.15, -0.1) is 11.3 Å². The summed E-state index contributed by atoms with van der Waals surface area (Å²) in [5.74, 6) is 1.57. The maximum Gasteiger partial charge on any atom is 0.325 e. The molecule has 36 heavy (non-hydrogen) atoms. The smallest absolute Gasteiger partial charge is 0.325 e. The van der Waals surface area contributed by atoms with Crippen LogP contribution in [0.4, 0.5) is 21.4 Å². The van der Waals surface area contributed by atoms with Crippen LogP contribution in [0.25, 0.3) is 10.9 Å². The molecule has 2 amide bonds. The number of carbonyl (C=O) groups is 1. The fourth-order valence-corrected chi connectivity index (χ4v) is 4.45. The van der Waals surface area contributed by atoms with E-state index in [0.29, 0.717) is 29.0 Å². The number of hydrogen-bond acceptors (Lipinski definition) is 8. The van der Waals surface area contributed by atoms with Gasteiger partial charge < -0.3 is 20.3 Å². The molecule has 0 unspecified atom stereocenters. The minimum absolute atomic E-state index is 0.371. The molecule has 9 nitrogen and oxygen atoms in total. The van der Waals surface area contributed by atoms with Gasteiger partial charge in [0.15, 0.2) is 5.13 Å². The first-order valence-corrected chi connectivity index (χ1v) is 12.7. The van der Waals surface area contributed by atoms with Crippen LogP contribution in [0.3, 0.4) is 0 Å². The molecule has 0 aliphatic carbocycles. The highest BCUT2D eigenvalue weighted by Crippen LogP contribution is 2.25. The number of carbonyl (C=O) groups excluding carboxylic acids is 1. The van der Waals surface area contributed by atoms with Gasteiger partial charge in [-0.2, -0.15) is 0 Å². The first kappa shape index (κ1) is 25.6. The number of thiazole rings is 1. The second-order valence-electron chi connectivity index (χ2n) is 8.30. The number of nitrogens with zero attached hydrogens (tertiary/aromatic N) is 4. The molecule has 0 aliphatic rings. The summed E-state index contributed by atoms with van der Waals surface area (Å²) in [7, 11) is 4.10. The summed E-state index contributed by atoms with van der Waals surface area (Å²) in [5.41, 5.74) is 1.44. The van der Waals surface area contributed by atoms with Gasteiger partial charge in [0, 0.05) is 52.7 Å². The van der Waals surface area contributed by atoms with Crippen LogP contribution in [0.15, 0.2) is 55.0 Å². The van der Waals surface area contributed by atoms with E-state index in [-0.39, 0.29) is 6.03 Å². The van der Waals surface area contributed by atoms with Crippen molar-refractivity contribution < 1.29 is 9.53 Å². The van der Waals surface area contributed by atoms with Crippen molar-refractivity contribution in [1.82, 2.24) is 19.9 Å². The summed E-state index contributed by atoms with van der Waals surface area (Å²) in [4.78, 5) is 28.5. The topological polar surface area (TPSA) is 104 Å². The number of anilines is 3. The van der Waals surface area contributed by atoms with Gasteiger partial charge in [0.1, 0.15) is 17.9 Å². The molecule has 3 N–H and O–H groups in total. The molecule has 2 heterocycles. The SMILES string of the molecule is CN(C)CCCOc1ccc2c(NCCc3cnc(NC(=O)Nc4cccc(Cl)c4)s3)ncnc2c1. The average Bonchev–Trinajstić information content (AvgIpc) is 3.28. The van der Waals surface area contributed by atoms with Crippen LogP contribution in [0.1, 0.15) is 11.3 Å². The zero-order chi connectivity index (χ0) is 25.3. The van der Waals surface area contributed by atoms with E-state index in [1.54, 1.807) is 36.8 Å². The largest absolute Gasteiger partial charge is 0.493 e. The van der Waals surface area contributed by atoms with Gasteiger partial charge in [0.25, 0.3) is 0 Å². The molecule has 11 heteroatoms. The minimum atomic E-state index is -0.371. The average molecular weight is 526 g/mol. The Labute approximate surface area is 218 Å². The van der Waals surface area contributed by atoms with Gasteiger partial charge in [-0.1, -0.05) is 17.7 Å². The highest BCUT2D eigenvalue weighted by molar-refractivity contribution is 7.15. The summed E-state index contributed by atoms with van der Waals surface area (Å²) < 4.78 is 5.86. The Morgan fingerprint density at radius 2 is 2.00 bits per heavy atom. The van der Waals surface area contributed by atoms with E-state index < -0.39 is 0 Å². The monoisotopic (exact) mass is 525 g/mol. The molecular weight excluding hydrogens is 498 g/mol. The minimum Gasteiger partial charge on any atom is -0.493 e. The summed E-state index contributed by atoms with van der Waals surface area (Å²) in [6.07, 6.45) is 5.00. The summed E-state index contributed by atoms with van der Waals surface area (Å²) in [6, 6.07) is 12.5. The maximum atomic E-state index is 12.2. The normalized spacial score (nSPS) is 11.0. The first-order valence-electron chi connectivity index (χ1n) is 11.5. The van der Waals surface area contributed by atoms with Crippen LogP contribution in [0, 0.1) is 0 Å². The van der Waals surface area contributed by atoms with Crippen LogP contribution in [-0.4, -0.2) is 59.7 Å². The third-order valence-corrected chi connectivity index (χ3v) is 6.35. The second-order valence-corrected chi connectivity index (χ2v) is 9.86. The molecule has 0 bridgehead atoms. The highest BCUT2D eigenvalue weighted by Gasteiger charge is 2.09. The van der Waals surface area contributed by atoms with Crippen molar-refractivity contribution in [3.05, 3.63) is 64.9 Å². The van der Waals surface area contributed by atoms with Crippen LogP contribution in [-0.2, 0) is 6.42 Å². The number of urea groups is 1. The molecule has 0 aliphatic heterocycles. The van der Waals surface area contributed by atoms with E-state index in [4.69, 9.17) is 16.3 Å². The highest BCUT2D eigenvalue weighted by atomic mass is 35.5. The molecule has 0 saturated heterocycles. The summed E-state index contributed by atoms with van der Waals surface area (Å²) >= 11 is 7.38. The zero-order valence-electron chi connectivity index (χ0n) is 20.1. The first-order chi connectivity index (χ1) is 17.5. The molecule has 0 saturated carbocycles. The predicted molar refractivity (Wildman–Crippen MR) is 147 cm³/mol. The number of amides is 2. The van der Waals surface area contributed by atoms with Gasteiger partial charge in [0.05, 0.1) is 12.1 Å². The van der Waals surface area contributed by atoms with Crippen LogP contribution in [0.2, 0.25) is 5.02 Å². The fraction of sp³-hybridized carbons (Fsp3) is 0.280. The van der Waals surface area contributed by atoms with Crippen molar-refractivity contribution in [3.8, 4) is 5.75 Å². The third kappa shape index (κ3) is 7.51. The molecule has 0 fully saturated rings. The zero-order valence-corrected chi connectivity index (χ0v) is 21.7. The number of hydrogen-bond donors (Lipinski definition) is 3. The molecule has 0 spiro atoms. The Morgan fingerprint density at radius 1 is 1.11 bits per heavy atom. The van der Waals surface area contributed by atoms with E-state index >= 15 is 0 Å². The Bertz CT molecular complexity index is 1310. The molecular formula is C25H28ClN7O2S. The maximum absolute atomic E-state index is 12.2.